The van der Waals surface area contributed by atoms with Gasteiger partial charge < -0.3 is 10.5 Å². The van der Waals surface area contributed by atoms with E-state index in [1.54, 1.807) is 35.0 Å². The van der Waals surface area contributed by atoms with Gasteiger partial charge in [0.1, 0.15) is 5.65 Å². The largest absolute Gasteiger partial charge is 0.435 e. The number of nitrogens with zero attached hydrogens (tertiary/aromatic N) is 2. The van der Waals surface area contributed by atoms with E-state index in [0.29, 0.717) is 5.88 Å². The summed E-state index contributed by atoms with van der Waals surface area (Å²) in [5.74, 6) is -0.00683. The molecule has 0 saturated heterocycles. The van der Waals surface area contributed by atoms with Gasteiger partial charge in [-0.2, -0.15) is 0 Å². The maximum absolute atomic E-state index is 13.6. The third kappa shape index (κ3) is 1.66. The van der Waals surface area contributed by atoms with E-state index < -0.39 is 5.82 Å². The zero-order chi connectivity index (χ0) is 12.5. The molecule has 3 rings (SSSR count). The summed E-state index contributed by atoms with van der Waals surface area (Å²) in [6.45, 7) is 0. The van der Waals surface area contributed by atoms with E-state index in [-0.39, 0.29) is 11.4 Å². The number of fused-ring (bicyclic) bond motifs is 1. The van der Waals surface area contributed by atoms with Crippen molar-refractivity contribution in [2.24, 2.45) is 0 Å². The zero-order valence-corrected chi connectivity index (χ0v) is 9.38. The molecule has 0 atom stereocenters. The van der Waals surface area contributed by atoms with E-state index in [1.165, 1.54) is 12.1 Å². The van der Waals surface area contributed by atoms with Gasteiger partial charge in [0, 0.05) is 12.4 Å². The van der Waals surface area contributed by atoms with Crippen molar-refractivity contribution >= 4 is 11.3 Å². The molecule has 0 unspecified atom stereocenters. The molecule has 18 heavy (non-hydrogen) atoms. The second kappa shape index (κ2) is 4.03. The summed E-state index contributed by atoms with van der Waals surface area (Å²) in [6, 6.07) is 9.77. The Morgan fingerprint density at radius 3 is 2.83 bits per heavy atom. The highest BCUT2D eigenvalue weighted by Gasteiger charge is 2.10. The molecule has 0 bridgehead atoms. The van der Waals surface area contributed by atoms with Gasteiger partial charge in [-0.15, -0.1) is 0 Å². The van der Waals surface area contributed by atoms with E-state index in [1.807, 2.05) is 6.07 Å². The van der Waals surface area contributed by atoms with Crippen LogP contribution in [0.3, 0.4) is 0 Å². The van der Waals surface area contributed by atoms with Gasteiger partial charge in [0.2, 0.25) is 5.88 Å². The Kier molecular flexibility index (Phi) is 2.37. The van der Waals surface area contributed by atoms with Crippen LogP contribution in [0.5, 0.6) is 11.6 Å². The number of hydrogen-bond acceptors (Lipinski definition) is 3. The fourth-order valence-corrected chi connectivity index (χ4v) is 1.74. The average molecular weight is 243 g/mol. The number of imidazole rings is 1. The molecule has 2 heterocycles. The molecule has 2 N–H and O–H groups in total. The minimum Gasteiger partial charge on any atom is -0.435 e. The Hall–Kier alpha value is -2.56. The van der Waals surface area contributed by atoms with Gasteiger partial charge in [0.05, 0.1) is 5.69 Å². The highest BCUT2D eigenvalue weighted by Crippen LogP contribution is 2.30. The van der Waals surface area contributed by atoms with E-state index in [9.17, 15) is 4.39 Å². The molecule has 0 amide bonds. The van der Waals surface area contributed by atoms with Crippen molar-refractivity contribution in [2.45, 2.75) is 0 Å². The van der Waals surface area contributed by atoms with Crippen LogP contribution in [0.2, 0.25) is 0 Å². The summed E-state index contributed by atoms with van der Waals surface area (Å²) in [7, 11) is 0. The number of benzene rings is 1. The van der Waals surface area contributed by atoms with Crippen molar-refractivity contribution < 1.29 is 9.13 Å². The first kappa shape index (κ1) is 10.6. The summed E-state index contributed by atoms with van der Waals surface area (Å²) < 4.78 is 20.9. The molecule has 90 valence electrons. The molecule has 4 nitrogen and oxygen atoms in total. The van der Waals surface area contributed by atoms with Crippen molar-refractivity contribution in [1.29, 1.82) is 0 Å². The van der Waals surface area contributed by atoms with E-state index in [0.717, 1.165) is 5.65 Å². The normalized spacial score (nSPS) is 10.7. The van der Waals surface area contributed by atoms with Gasteiger partial charge in [-0.05, 0) is 24.3 Å². The van der Waals surface area contributed by atoms with Gasteiger partial charge in [0.15, 0.2) is 11.6 Å². The number of pyridine rings is 1. The van der Waals surface area contributed by atoms with Crippen molar-refractivity contribution in [3.8, 4) is 11.6 Å². The summed E-state index contributed by atoms with van der Waals surface area (Å²) in [4.78, 5) is 4.12. The van der Waals surface area contributed by atoms with E-state index in [4.69, 9.17) is 10.5 Å². The smallest absolute Gasteiger partial charge is 0.206 e. The molecule has 5 heteroatoms. The Balaban J connectivity index is 2.09. The summed E-state index contributed by atoms with van der Waals surface area (Å²) in [5, 5.41) is 0. The predicted octanol–water partition coefficient (Wildman–Crippen LogP) is 2.85. The van der Waals surface area contributed by atoms with Gasteiger partial charge in [-0.3, -0.25) is 4.40 Å². The van der Waals surface area contributed by atoms with Crippen LogP contribution >= 0.6 is 0 Å². The van der Waals surface area contributed by atoms with Crippen LogP contribution in [-0.2, 0) is 0 Å². The maximum atomic E-state index is 13.6. The van der Waals surface area contributed by atoms with Crippen LogP contribution in [0.15, 0.2) is 48.8 Å². The van der Waals surface area contributed by atoms with Gasteiger partial charge in [0.25, 0.3) is 0 Å². The van der Waals surface area contributed by atoms with E-state index >= 15 is 0 Å². The number of rotatable bonds is 2. The Morgan fingerprint density at radius 1 is 1.17 bits per heavy atom. The second-order valence-electron chi connectivity index (χ2n) is 3.78. The maximum Gasteiger partial charge on any atom is 0.206 e. The summed E-state index contributed by atoms with van der Waals surface area (Å²) in [5.41, 5.74) is 6.68. The van der Waals surface area contributed by atoms with Crippen LogP contribution < -0.4 is 10.5 Å². The molecule has 0 spiro atoms. The highest BCUT2D eigenvalue weighted by molar-refractivity contribution is 5.54. The lowest BCUT2D eigenvalue weighted by Crippen LogP contribution is -1.98. The third-order valence-electron chi connectivity index (χ3n) is 2.59. The molecule has 0 aliphatic carbocycles. The number of nitrogen functional groups attached to an aromatic ring is 1. The fraction of sp³-hybridized carbons (Fsp3) is 0. The minimum absolute atomic E-state index is 0.0266. The molecular formula is C13H10FN3O. The van der Waals surface area contributed by atoms with Gasteiger partial charge in [-0.25, -0.2) is 9.37 Å². The lowest BCUT2D eigenvalue weighted by Gasteiger charge is -2.10. The Morgan fingerprint density at radius 2 is 2.00 bits per heavy atom. The Bertz CT molecular complexity index is 688. The monoisotopic (exact) mass is 243 g/mol. The number of aromatic nitrogens is 2. The fourth-order valence-electron chi connectivity index (χ4n) is 1.74. The number of ether oxygens (including phenoxy) is 1. The molecule has 0 fully saturated rings. The number of halogens is 1. The molecule has 2 aromatic heterocycles. The molecule has 0 radical (unpaired) electrons. The molecular weight excluding hydrogens is 233 g/mol. The van der Waals surface area contributed by atoms with Crippen LogP contribution in [0.1, 0.15) is 0 Å². The standard InChI is InChI=1S/C13H10FN3O/c14-9-3-1-4-10(15)13(9)18-12-6-2-5-11-16-7-8-17(11)12/h1-8H,15H2. The highest BCUT2D eigenvalue weighted by atomic mass is 19.1. The van der Waals surface area contributed by atoms with Crippen LogP contribution in [-0.4, -0.2) is 9.38 Å². The molecule has 1 aromatic carbocycles. The molecule has 3 aromatic rings. The minimum atomic E-state index is -0.493. The zero-order valence-electron chi connectivity index (χ0n) is 9.38. The third-order valence-corrected chi connectivity index (χ3v) is 2.59. The van der Waals surface area contributed by atoms with Gasteiger partial charge >= 0.3 is 0 Å². The number of hydrogen-bond donors (Lipinski definition) is 1. The number of nitrogens with two attached hydrogens (primary N) is 1. The first-order valence-electron chi connectivity index (χ1n) is 5.39. The van der Waals surface area contributed by atoms with Crippen LogP contribution in [0, 0.1) is 5.82 Å². The van der Waals surface area contributed by atoms with E-state index in [2.05, 4.69) is 4.98 Å². The second-order valence-corrected chi connectivity index (χ2v) is 3.78. The first-order valence-corrected chi connectivity index (χ1v) is 5.39. The topological polar surface area (TPSA) is 52.5 Å². The SMILES string of the molecule is Nc1cccc(F)c1Oc1cccc2nccn12. The lowest BCUT2D eigenvalue weighted by molar-refractivity contribution is 0.425. The van der Waals surface area contributed by atoms with Crippen LogP contribution in [0.4, 0.5) is 10.1 Å². The molecule has 0 saturated carbocycles. The number of anilines is 1. The number of para-hydroxylation sites is 1. The lowest BCUT2D eigenvalue weighted by atomic mass is 10.3. The van der Waals surface area contributed by atoms with Crippen molar-refractivity contribution in [1.82, 2.24) is 9.38 Å². The summed E-state index contributed by atoms with van der Waals surface area (Å²) >= 11 is 0. The van der Waals surface area contributed by atoms with Crippen molar-refractivity contribution in [2.75, 3.05) is 5.73 Å². The van der Waals surface area contributed by atoms with Crippen molar-refractivity contribution in [3.63, 3.8) is 0 Å². The molecule has 0 aliphatic rings. The average Bonchev–Trinajstić information content (AvgIpc) is 2.83. The molecule has 0 aliphatic heterocycles. The van der Waals surface area contributed by atoms with Crippen LogP contribution in [0.25, 0.3) is 5.65 Å². The predicted molar refractivity (Wildman–Crippen MR) is 66.1 cm³/mol. The quantitative estimate of drug-likeness (QED) is 0.704. The van der Waals surface area contributed by atoms with Crippen molar-refractivity contribution in [3.05, 3.63) is 54.6 Å². The Labute approximate surface area is 102 Å². The summed E-state index contributed by atoms with van der Waals surface area (Å²) in [6.07, 6.45) is 3.38. The first-order chi connectivity index (χ1) is 8.75. The van der Waals surface area contributed by atoms with Gasteiger partial charge in [-0.1, -0.05) is 12.1 Å².